The summed E-state index contributed by atoms with van der Waals surface area (Å²) in [6.45, 7) is 5.47. The highest BCUT2D eigenvalue weighted by Gasteiger charge is 2.38. The first kappa shape index (κ1) is 71.6. The van der Waals surface area contributed by atoms with E-state index in [2.05, 4.69) is 57.2 Å². The number of hydrogen-bond acceptors (Lipinski definition) is 16. The number of guanidine groups is 2. The summed E-state index contributed by atoms with van der Waals surface area (Å²) in [5.41, 5.74) is 28.1. The number of aliphatic carboxylic acids is 1. The number of nitrogens with two attached hydrogens (primary N) is 5. The van der Waals surface area contributed by atoms with E-state index < -0.39 is 139 Å². The van der Waals surface area contributed by atoms with E-state index in [1.165, 1.54) is 31.3 Å². The molecule has 0 aliphatic heterocycles. The molecule has 2 aliphatic rings. The van der Waals surface area contributed by atoms with Crippen molar-refractivity contribution in [1.82, 2.24) is 57.0 Å². The lowest BCUT2D eigenvalue weighted by molar-refractivity contribution is -0.149. The van der Waals surface area contributed by atoms with Gasteiger partial charge in [-0.05, 0) is 71.1 Å². The summed E-state index contributed by atoms with van der Waals surface area (Å²) < 4.78 is 0. The van der Waals surface area contributed by atoms with Gasteiger partial charge in [0.05, 0.1) is 37.7 Å². The standard InChI is InChI=1S/C54H94N18O13/c1-6-30(2)43(52(85)72(28-42(77)78)36-17-11-8-12-18-36)68-40(75)27-71(22-14-21-62-54(58)59)41(76)26-63-50(83)44(32(4)73)70-51(84)45(33(5)74)69-49(82)39(24-35-25-60-29-64-35)67-48(81)38(23-34-15-9-7-10-16-34)66-46(79)31(3)65-47(80)37(55)19-13-20-61-53(56)57/h25,29-34,36-39,43-45,73-74H,6-24,26-28,55H2,1-5H3,(H,60,64)(H,63,83)(H,65,80)(H,66,79)(H,67,81)(H,68,75)(H,69,82)(H,70,84)(H,77,78)(H4,56,57,61)(H4,58,59,62)/t30?,31-,32+,33+,37-,38-,39-,43-,44-,45-/m0/s1. The number of carbonyl (C=O) groups is 10. The predicted octanol–water partition coefficient (Wildman–Crippen LogP) is -4.11. The third kappa shape index (κ3) is 25.6. The number of aliphatic imine (C=N–C) groups is 2. The number of carboxylic acid groups (broad SMARTS) is 1. The molecular weight excluding hydrogens is 1110 g/mol. The van der Waals surface area contributed by atoms with E-state index >= 15 is 0 Å². The summed E-state index contributed by atoms with van der Waals surface area (Å²) >= 11 is 0. The molecule has 2 aliphatic carbocycles. The molecule has 31 nitrogen and oxygen atoms in total. The predicted molar refractivity (Wildman–Crippen MR) is 313 cm³/mol. The number of aliphatic hydroxyl groups excluding tert-OH is 2. The van der Waals surface area contributed by atoms with Crippen LogP contribution in [-0.4, -0.2) is 206 Å². The van der Waals surface area contributed by atoms with Gasteiger partial charge in [0.25, 0.3) is 0 Å². The number of rotatable bonds is 36. The van der Waals surface area contributed by atoms with Gasteiger partial charge in [-0.1, -0.05) is 71.6 Å². The molecule has 1 heterocycles. The van der Waals surface area contributed by atoms with Gasteiger partial charge in [0.1, 0.15) is 42.8 Å². The molecule has 2 saturated carbocycles. The number of imidazole rings is 1. The maximum atomic E-state index is 14.3. The van der Waals surface area contributed by atoms with Gasteiger partial charge in [-0.25, -0.2) is 4.98 Å². The van der Waals surface area contributed by atoms with E-state index in [1.807, 2.05) is 6.92 Å². The summed E-state index contributed by atoms with van der Waals surface area (Å²) in [6.07, 6.45) is 8.67. The number of H-pyrrole nitrogens is 1. The van der Waals surface area contributed by atoms with Gasteiger partial charge in [0.2, 0.25) is 53.2 Å². The molecule has 2 fully saturated rings. The minimum Gasteiger partial charge on any atom is -0.480 e. The van der Waals surface area contributed by atoms with Crippen molar-refractivity contribution in [2.75, 3.05) is 39.3 Å². The molecule has 0 bridgehead atoms. The number of aliphatic hydroxyl groups is 2. The van der Waals surface area contributed by atoms with Gasteiger partial charge in [0, 0.05) is 44.0 Å². The van der Waals surface area contributed by atoms with E-state index in [1.54, 1.807) is 6.92 Å². The summed E-state index contributed by atoms with van der Waals surface area (Å²) in [5.74, 6) is -9.48. The summed E-state index contributed by atoms with van der Waals surface area (Å²) in [7, 11) is 0. The number of amides is 9. The van der Waals surface area contributed by atoms with Gasteiger partial charge >= 0.3 is 5.97 Å². The fraction of sp³-hybridized carbons (Fsp3) is 0.722. The number of nitrogens with one attached hydrogen (secondary N) is 8. The average Bonchev–Trinajstić information content (AvgIpc) is 4.07. The van der Waals surface area contributed by atoms with Crippen LogP contribution in [0.5, 0.6) is 0 Å². The van der Waals surface area contributed by atoms with E-state index in [4.69, 9.17) is 28.7 Å². The van der Waals surface area contributed by atoms with Crippen LogP contribution in [0.15, 0.2) is 22.5 Å². The van der Waals surface area contributed by atoms with Crippen molar-refractivity contribution in [3.8, 4) is 0 Å². The normalized spacial score (nSPS) is 17.2. The van der Waals surface area contributed by atoms with Gasteiger partial charge < -0.3 is 96.0 Å². The van der Waals surface area contributed by atoms with E-state index in [9.17, 15) is 63.3 Å². The molecule has 0 radical (unpaired) electrons. The number of aromatic amines is 1. The van der Waals surface area contributed by atoms with Gasteiger partial charge in [0.15, 0.2) is 11.9 Å². The number of carbonyl (C=O) groups excluding carboxylic acids is 9. The molecule has 0 aromatic carbocycles. The lowest BCUT2D eigenvalue weighted by Crippen LogP contribution is -2.62. The van der Waals surface area contributed by atoms with Gasteiger partial charge in [-0.3, -0.25) is 57.9 Å². The second kappa shape index (κ2) is 36.9. The fourth-order valence-electron chi connectivity index (χ4n) is 10.1. The quantitative estimate of drug-likeness (QED) is 0.0172. The Bertz CT molecular complexity index is 2410. The Hall–Kier alpha value is -7.67. The zero-order valence-electron chi connectivity index (χ0n) is 49.7. The minimum absolute atomic E-state index is 0.0171. The molecule has 478 valence electrons. The Kier molecular flexibility index (Phi) is 31.1. The van der Waals surface area contributed by atoms with E-state index in [0.717, 1.165) is 63.2 Å². The Morgan fingerprint density at radius 1 is 0.682 bits per heavy atom. The largest absolute Gasteiger partial charge is 0.480 e. The number of nitrogens with zero attached hydrogens (tertiary/aromatic N) is 5. The van der Waals surface area contributed by atoms with Gasteiger partial charge in [-0.2, -0.15) is 0 Å². The Morgan fingerprint density at radius 2 is 1.25 bits per heavy atom. The van der Waals surface area contributed by atoms with Crippen molar-refractivity contribution < 1.29 is 63.3 Å². The van der Waals surface area contributed by atoms with Crippen LogP contribution in [0.3, 0.4) is 0 Å². The molecule has 31 heteroatoms. The molecule has 10 atom stereocenters. The molecule has 0 saturated heterocycles. The average molecular weight is 1200 g/mol. The summed E-state index contributed by atoms with van der Waals surface area (Å²) in [6, 6.07) is -9.95. The van der Waals surface area contributed by atoms with Crippen molar-refractivity contribution in [2.45, 2.75) is 198 Å². The zero-order chi connectivity index (χ0) is 63.3. The highest BCUT2D eigenvalue weighted by Crippen LogP contribution is 2.28. The first-order valence-electron chi connectivity index (χ1n) is 29.3. The second-order valence-electron chi connectivity index (χ2n) is 22.2. The van der Waals surface area contributed by atoms with Crippen molar-refractivity contribution >= 4 is 71.1 Å². The van der Waals surface area contributed by atoms with E-state index in [-0.39, 0.29) is 69.2 Å². The highest BCUT2D eigenvalue weighted by atomic mass is 16.4. The molecule has 3 rings (SSSR count). The van der Waals surface area contributed by atoms with Crippen molar-refractivity contribution in [3.05, 3.63) is 18.2 Å². The van der Waals surface area contributed by atoms with Crippen LogP contribution >= 0.6 is 0 Å². The third-order valence-electron chi connectivity index (χ3n) is 15.1. The maximum Gasteiger partial charge on any atom is 0.323 e. The monoisotopic (exact) mass is 1200 g/mol. The molecule has 1 aromatic heterocycles. The summed E-state index contributed by atoms with van der Waals surface area (Å²) in [4.78, 5) is 154. The zero-order valence-corrected chi connectivity index (χ0v) is 49.7. The fourth-order valence-corrected chi connectivity index (χ4v) is 10.1. The van der Waals surface area contributed by atoms with Crippen LogP contribution < -0.4 is 65.9 Å². The highest BCUT2D eigenvalue weighted by molar-refractivity contribution is 5.98. The first-order chi connectivity index (χ1) is 40.2. The number of carboxylic acids is 1. The van der Waals surface area contributed by atoms with Crippen LogP contribution in [0.1, 0.15) is 137 Å². The Balaban J connectivity index is 1.79. The molecule has 1 unspecified atom stereocenters. The van der Waals surface area contributed by atoms with Crippen LogP contribution in [0, 0.1) is 11.8 Å². The first-order valence-corrected chi connectivity index (χ1v) is 29.3. The van der Waals surface area contributed by atoms with Crippen molar-refractivity contribution in [1.29, 1.82) is 0 Å². The minimum atomic E-state index is -1.83. The topological polar surface area (TPSA) is 506 Å². The molecule has 1 aromatic rings. The maximum absolute atomic E-state index is 14.3. The molecule has 0 spiro atoms. The Labute approximate surface area is 495 Å². The number of hydrogen-bond donors (Lipinski definition) is 16. The molecule has 85 heavy (non-hydrogen) atoms. The molecular formula is C54H94N18O13. The Morgan fingerprint density at radius 3 is 1.81 bits per heavy atom. The van der Waals surface area contributed by atoms with Crippen LogP contribution in [0.25, 0.3) is 0 Å². The smallest absolute Gasteiger partial charge is 0.323 e. The number of aromatic nitrogens is 2. The second-order valence-corrected chi connectivity index (χ2v) is 22.2. The lowest BCUT2D eigenvalue weighted by Gasteiger charge is -2.37. The van der Waals surface area contributed by atoms with Crippen LogP contribution in [-0.2, 0) is 54.4 Å². The van der Waals surface area contributed by atoms with Crippen LogP contribution in [0.2, 0.25) is 0 Å². The van der Waals surface area contributed by atoms with Crippen molar-refractivity contribution in [2.24, 2.45) is 50.5 Å². The molecule has 9 amide bonds. The van der Waals surface area contributed by atoms with Crippen LogP contribution in [0.4, 0.5) is 0 Å². The lowest BCUT2D eigenvalue weighted by atomic mass is 9.84. The summed E-state index contributed by atoms with van der Waals surface area (Å²) in [5, 5.41) is 49.2. The third-order valence-corrected chi connectivity index (χ3v) is 15.1. The molecule has 21 N–H and O–H groups in total. The van der Waals surface area contributed by atoms with Gasteiger partial charge in [-0.15, -0.1) is 0 Å². The SMILES string of the molecule is CCC(C)[C@H](NC(=O)CN(CCCN=C(N)N)C(=O)CNC(=O)[C@@H](NC(=O)[C@@H](NC(=O)[C@H](Cc1cnc[nH]1)NC(=O)[C@H](CC1CCCCC1)NC(=O)[C@H](C)NC(=O)[C@@H](N)CCCN=C(N)N)[C@@H](C)O)[C@@H](C)O)C(=O)N(CC(=O)O)C1CCCCC1. The van der Waals surface area contributed by atoms with Crippen molar-refractivity contribution in [3.63, 3.8) is 0 Å². The van der Waals surface area contributed by atoms with E-state index in [0.29, 0.717) is 31.4 Å².